The van der Waals surface area contributed by atoms with E-state index in [-0.39, 0.29) is 17.5 Å². The van der Waals surface area contributed by atoms with E-state index in [1.165, 1.54) is 11.1 Å². The summed E-state index contributed by atoms with van der Waals surface area (Å²) >= 11 is 0. The van der Waals surface area contributed by atoms with Gasteiger partial charge in [0.05, 0.1) is 19.8 Å². The fourth-order valence-corrected chi connectivity index (χ4v) is 4.01. The van der Waals surface area contributed by atoms with Crippen LogP contribution in [-0.4, -0.2) is 68.8 Å². The molecule has 8 nitrogen and oxygen atoms in total. The first-order chi connectivity index (χ1) is 17.8. The van der Waals surface area contributed by atoms with E-state index in [0.29, 0.717) is 24.7 Å². The number of piperazine rings is 1. The minimum absolute atomic E-state index is 0.213. The maximum atomic E-state index is 12.3. The lowest BCUT2D eigenvalue weighted by Crippen LogP contribution is -2.53. The summed E-state index contributed by atoms with van der Waals surface area (Å²) in [5.41, 5.74) is 3.56. The van der Waals surface area contributed by atoms with Gasteiger partial charge in [-0.05, 0) is 76.8 Å². The van der Waals surface area contributed by atoms with Crippen molar-refractivity contribution < 1.29 is 23.8 Å². The standard InChI is InChI=1S/C29H41N3O5/c1-21(2)7-5-8-22(3)11-16-37-26-10-9-24(19-25-29(34)30-23(4)28(33)31-25)20-27(26)36-15-6-12-32-13-17-35-18-14-32/h7,9-11,19-20,23H,5-6,8,12-18H2,1-4H3,(H,30,34)(H,31,33)/b22-11+,25-19-/t23-/m0/s1. The van der Waals surface area contributed by atoms with Crippen LogP contribution in [-0.2, 0) is 14.3 Å². The van der Waals surface area contributed by atoms with E-state index >= 15 is 0 Å². The Morgan fingerprint density at radius 2 is 1.89 bits per heavy atom. The van der Waals surface area contributed by atoms with E-state index in [1.54, 1.807) is 13.0 Å². The number of nitrogens with zero attached hydrogens (tertiary/aromatic N) is 1. The van der Waals surface area contributed by atoms with Crippen molar-refractivity contribution in [3.05, 3.63) is 52.8 Å². The highest BCUT2D eigenvalue weighted by atomic mass is 16.5. The highest BCUT2D eigenvalue weighted by Crippen LogP contribution is 2.30. The molecule has 0 bridgehead atoms. The van der Waals surface area contributed by atoms with Gasteiger partial charge in [-0.15, -0.1) is 0 Å². The molecule has 1 aromatic carbocycles. The van der Waals surface area contributed by atoms with Crippen molar-refractivity contribution in [2.24, 2.45) is 0 Å². The van der Waals surface area contributed by atoms with E-state index < -0.39 is 6.04 Å². The maximum Gasteiger partial charge on any atom is 0.268 e. The van der Waals surface area contributed by atoms with Gasteiger partial charge in [0.2, 0.25) is 5.91 Å². The lowest BCUT2D eigenvalue weighted by Gasteiger charge is -2.26. The van der Waals surface area contributed by atoms with E-state index in [9.17, 15) is 9.59 Å². The second kappa shape index (κ2) is 14.6. The predicted molar refractivity (Wildman–Crippen MR) is 145 cm³/mol. The van der Waals surface area contributed by atoms with Gasteiger partial charge in [-0.1, -0.05) is 23.3 Å². The molecule has 2 N–H and O–H groups in total. The molecule has 2 amide bonds. The molecule has 0 aromatic heterocycles. The van der Waals surface area contributed by atoms with E-state index in [1.807, 2.05) is 18.2 Å². The Balaban J connectivity index is 1.66. The van der Waals surface area contributed by atoms with Gasteiger partial charge in [-0.25, -0.2) is 0 Å². The molecule has 8 heteroatoms. The Morgan fingerprint density at radius 1 is 1.11 bits per heavy atom. The Kier molecular flexibility index (Phi) is 11.2. The molecule has 3 rings (SSSR count). The van der Waals surface area contributed by atoms with Crippen LogP contribution in [0.25, 0.3) is 6.08 Å². The van der Waals surface area contributed by atoms with Crippen LogP contribution in [0.5, 0.6) is 11.5 Å². The third-order valence-corrected chi connectivity index (χ3v) is 6.26. The zero-order chi connectivity index (χ0) is 26.6. The van der Waals surface area contributed by atoms with Crippen LogP contribution in [0.2, 0.25) is 0 Å². The Morgan fingerprint density at radius 3 is 2.65 bits per heavy atom. The Bertz CT molecular complexity index is 1020. The minimum Gasteiger partial charge on any atom is -0.490 e. The molecular weight excluding hydrogens is 470 g/mol. The maximum absolute atomic E-state index is 12.3. The predicted octanol–water partition coefficient (Wildman–Crippen LogP) is 3.83. The third-order valence-electron chi connectivity index (χ3n) is 6.26. The van der Waals surface area contributed by atoms with Crippen LogP contribution < -0.4 is 20.1 Å². The molecule has 2 aliphatic rings. The Hall–Kier alpha value is -3.10. The molecule has 0 radical (unpaired) electrons. The van der Waals surface area contributed by atoms with Gasteiger partial charge in [-0.3, -0.25) is 14.5 Å². The van der Waals surface area contributed by atoms with E-state index in [0.717, 1.165) is 57.7 Å². The lowest BCUT2D eigenvalue weighted by atomic mass is 10.1. The molecule has 37 heavy (non-hydrogen) atoms. The number of morpholine rings is 1. The molecule has 0 aliphatic carbocycles. The van der Waals surface area contributed by atoms with Gasteiger partial charge in [0.1, 0.15) is 18.3 Å². The number of hydrogen-bond donors (Lipinski definition) is 2. The van der Waals surface area contributed by atoms with E-state index in [4.69, 9.17) is 14.2 Å². The van der Waals surface area contributed by atoms with Crippen molar-refractivity contribution >= 4 is 17.9 Å². The van der Waals surface area contributed by atoms with Crippen LogP contribution in [0, 0.1) is 0 Å². The SMILES string of the molecule is CC(C)=CCC/C(C)=C/COc1ccc(/C=C2\NC(=O)[C@H](C)NC2=O)cc1OCCCN1CCOCC1. The second-order valence-electron chi connectivity index (χ2n) is 9.79. The molecular formula is C29H41N3O5. The van der Waals surface area contributed by atoms with Crippen LogP contribution in [0.4, 0.5) is 0 Å². The normalized spacial score (nSPS) is 19.8. The first-order valence-corrected chi connectivity index (χ1v) is 13.1. The second-order valence-corrected chi connectivity index (χ2v) is 9.79. The number of nitrogens with one attached hydrogen (secondary N) is 2. The molecule has 0 unspecified atom stereocenters. The highest BCUT2D eigenvalue weighted by Gasteiger charge is 2.26. The van der Waals surface area contributed by atoms with Crippen molar-refractivity contribution in [3.8, 4) is 11.5 Å². The van der Waals surface area contributed by atoms with Crippen molar-refractivity contribution in [3.63, 3.8) is 0 Å². The van der Waals surface area contributed by atoms with Gasteiger partial charge in [0.15, 0.2) is 11.5 Å². The highest BCUT2D eigenvalue weighted by molar-refractivity contribution is 6.07. The minimum atomic E-state index is -0.552. The fraction of sp³-hybridized carbons (Fsp3) is 0.517. The average Bonchev–Trinajstić information content (AvgIpc) is 2.86. The average molecular weight is 512 g/mol. The van der Waals surface area contributed by atoms with Crippen molar-refractivity contribution in [1.29, 1.82) is 0 Å². The summed E-state index contributed by atoms with van der Waals surface area (Å²) in [5, 5.41) is 5.33. The summed E-state index contributed by atoms with van der Waals surface area (Å²) in [5.74, 6) is 0.710. The summed E-state index contributed by atoms with van der Waals surface area (Å²) in [6.45, 7) is 13.4. The molecule has 2 saturated heterocycles. The monoisotopic (exact) mass is 511 g/mol. The summed E-state index contributed by atoms with van der Waals surface area (Å²) in [7, 11) is 0. The molecule has 1 atom stereocenters. The Labute approximate surface area is 220 Å². The molecule has 1 aromatic rings. The molecule has 0 saturated carbocycles. The number of allylic oxidation sites excluding steroid dienone is 3. The fourth-order valence-electron chi connectivity index (χ4n) is 4.01. The number of amides is 2. The first-order valence-electron chi connectivity index (χ1n) is 13.1. The topological polar surface area (TPSA) is 89.1 Å². The summed E-state index contributed by atoms with van der Waals surface area (Å²) in [6, 6.07) is 5.00. The van der Waals surface area contributed by atoms with Crippen LogP contribution in [0.15, 0.2) is 47.2 Å². The first kappa shape index (κ1) is 28.5. The van der Waals surface area contributed by atoms with Gasteiger partial charge < -0.3 is 24.8 Å². The number of rotatable bonds is 12. The van der Waals surface area contributed by atoms with E-state index in [2.05, 4.69) is 48.5 Å². The van der Waals surface area contributed by atoms with Gasteiger partial charge >= 0.3 is 0 Å². The quantitative estimate of drug-likeness (QED) is 0.252. The molecule has 2 fully saturated rings. The molecule has 0 spiro atoms. The van der Waals surface area contributed by atoms with Crippen molar-refractivity contribution in [2.75, 3.05) is 46.1 Å². The van der Waals surface area contributed by atoms with Gasteiger partial charge in [-0.2, -0.15) is 0 Å². The van der Waals surface area contributed by atoms with Crippen LogP contribution in [0.3, 0.4) is 0 Å². The molecule has 2 heterocycles. The number of benzene rings is 1. The molecule has 2 aliphatic heterocycles. The van der Waals surface area contributed by atoms with Gasteiger partial charge in [0, 0.05) is 19.6 Å². The molecule has 202 valence electrons. The van der Waals surface area contributed by atoms with Crippen molar-refractivity contribution in [1.82, 2.24) is 15.5 Å². The smallest absolute Gasteiger partial charge is 0.268 e. The summed E-state index contributed by atoms with van der Waals surface area (Å²) in [6.07, 6.45) is 8.89. The van der Waals surface area contributed by atoms with Gasteiger partial charge in [0.25, 0.3) is 5.91 Å². The third kappa shape index (κ3) is 9.70. The van der Waals surface area contributed by atoms with Crippen LogP contribution in [0.1, 0.15) is 52.5 Å². The van der Waals surface area contributed by atoms with Crippen LogP contribution >= 0.6 is 0 Å². The lowest BCUT2D eigenvalue weighted by molar-refractivity contribution is -0.130. The summed E-state index contributed by atoms with van der Waals surface area (Å²) < 4.78 is 17.6. The zero-order valence-corrected chi connectivity index (χ0v) is 22.6. The summed E-state index contributed by atoms with van der Waals surface area (Å²) in [4.78, 5) is 26.7. The number of hydrogen-bond acceptors (Lipinski definition) is 6. The number of ether oxygens (including phenoxy) is 3. The number of carbonyl (C=O) groups excluding carboxylic acids is 2. The number of carbonyl (C=O) groups is 2. The zero-order valence-electron chi connectivity index (χ0n) is 22.6. The van der Waals surface area contributed by atoms with Crippen molar-refractivity contribution in [2.45, 2.75) is 53.0 Å². The largest absolute Gasteiger partial charge is 0.490 e.